The average Bonchev–Trinajstić information content (AvgIpc) is 3.20. The molecule has 1 atom stereocenters. The van der Waals surface area contributed by atoms with Crippen LogP contribution in [0.15, 0.2) is 5.38 Å². The van der Waals surface area contributed by atoms with Gasteiger partial charge in [-0.3, -0.25) is 14.6 Å². The van der Waals surface area contributed by atoms with Gasteiger partial charge in [0.2, 0.25) is 5.91 Å². The van der Waals surface area contributed by atoms with Crippen LogP contribution in [-0.2, 0) is 20.8 Å². The molecule has 2 aliphatic rings. The fourth-order valence-corrected chi connectivity index (χ4v) is 4.24. The first-order chi connectivity index (χ1) is 11.2. The van der Waals surface area contributed by atoms with Crippen LogP contribution >= 0.6 is 11.3 Å². The van der Waals surface area contributed by atoms with Gasteiger partial charge < -0.3 is 9.47 Å². The summed E-state index contributed by atoms with van der Waals surface area (Å²) in [5, 5.41) is 2.85. The summed E-state index contributed by atoms with van der Waals surface area (Å²) in [6, 6.07) is 0.312. The Morgan fingerprint density at radius 3 is 2.91 bits per heavy atom. The maximum Gasteiger partial charge on any atom is 0.225 e. The molecule has 1 aromatic heterocycles. The van der Waals surface area contributed by atoms with Gasteiger partial charge in [0, 0.05) is 25.4 Å². The first-order valence-electron chi connectivity index (χ1n) is 8.38. The number of hydrogen-bond acceptors (Lipinski definition) is 6. The smallest absolute Gasteiger partial charge is 0.225 e. The third-order valence-corrected chi connectivity index (χ3v) is 5.37. The minimum Gasteiger partial charge on any atom is -0.349 e. The molecule has 0 spiro atoms. The van der Waals surface area contributed by atoms with Crippen LogP contribution in [0.5, 0.6) is 0 Å². The number of carbonyl (C=O) groups is 1. The second kappa shape index (κ2) is 7.70. The topological polar surface area (TPSA) is 54.9 Å². The van der Waals surface area contributed by atoms with Crippen molar-refractivity contribution in [3.63, 3.8) is 0 Å². The SMILES string of the molecule is CCN(C(C)=O)c1nc(CN2CCCCC2C2OCCO2)cs1. The van der Waals surface area contributed by atoms with Crippen LogP contribution in [0.4, 0.5) is 5.13 Å². The molecule has 1 aromatic rings. The Kier molecular flexibility index (Phi) is 5.63. The molecule has 0 N–H and O–H groups in total. The van der Waals surface area contributed by atoms with E-state index in [9.17, 15) is 4.79 Å². The van der Waals surface area contributed by atoms with Gasteiger partial charge in [-0.1, -0.05) is 6.42 Å². The fraction of sp³-hybridized carbons (Fsp3) is 0.750. The van der Waals surface area contributed by atoms with Crippen LogP contribution in [-0.4, -0.2) is 54.4 Å². The molecule has 0 saturated carbocycles. The van der Waals surface area contributed by atoms with Gasteiger partial charge in [-0.05, 0) is 26.3 Å². The van der Waals surface area contributed by atoms with E-state index in [0.717, 1.165) is 30.3 Å². The number of hydrogen-bond donors (Lipinski definition) is 0. The van der Waals surface area contributed by atoms with Gasteiger partial charge in [0.15, 0.2) is 11.4 Å². The van der Waals surface area contributed by atoms with Gasteiger partial charge in [0.05, 0.1) is 24.9 Å². The van der Waals surface area contributed by atoms with E-state index in [2.05, 4.69) is 15.3 Å². The van der Waals surface area contributed by atoms with E-state index in [1.165, 1.54) is 24.2 Å². The van der Waals surface area contributed by atoms with Crippen molar-refractivity contribution in [1.29, 1.82) is 0 Å². The van der Waals surface area contributed by atoms with E-state index in [1.54, 1.807) is 11.8 Å². The molecule has 2 aliphatic heterocycles. The van der Waals surface area contributed by atoms with E-state index < -0.39 is 0 Å². The van der Waals surface area contributed by atoms with Crippen LogP contribution < -0.4 is 4.90 Å². The van der Waals surface area contributed by atoms with Crippen molar-refractivity contribution >= 4 is 22.4 Å². The molecule has 0 aliphatic carbocycles. The molecule has 0 bridgehead atoms. The van der Waals surface area contributed by atoms with Crippen LogP contribution in [0.2, 0.25) is 0 Å². The Bertz CT molecular complexity index is 530. The van der Waals surface area contributed by atoms with Crippen LogP contribution in [0.3, 0.4) is 0 Å². The summed E-state index contributed by atoms with van der Waals surface area (Å²) >= 11 is 1.54. The minimum absolute atomic E-state index is 0.0389. The van der Waals surface area contributed by atoms with Crippen molar-refractivity contribution in [3.8, 4) is 0 Å². The second-order valence-corrected chi connectivity index (χ2v) is 6.86. The molecule has 0 radical (unpaired) electrons. The number of likely N-dealkylation sites (tertiary alicyclic amines) is 1. The van der Waals surface area contributed by atoms with E-state index >= 15 is 0 Å². The summed E-state index contributed by atoms with van der Waals surface area (Å²) in [7, 11) is 0. The predicted octanol–water partition coefficient (Wildman–Crippen LogP) is 2.24. The summed E-state index contributed by atoms with van der Waals surface area (Å²) in [4.78, 5) is 20.4. The van der Waals surface area contributed by atoms with Crippen LogP contribution in [0.1, 0.15) is 38.8 Å². The highest BCUT2D eigenvalue weighted by atomic mass is 32.1. The first kappa shape index (κ1) is 16.8. The van der Waals surface area contributed by atoms with Crippen molar-refractivity contribution in [3.05, 3.63) is 11.1 Å². The van der Waals surface area contributed by atoms with Crippen molar-refractivity contribution in [1.82, 2.24) is 9.88 Å². The summed E-state index contributed by atoms with van der Waals surface area (Å²) in [5.41, 5.74) is 1.02. The fourth-order valence-electron chi connectivity index (χ4n) is 3.31. The largest absolute Gasteiger partial charge is 0.349 e. The Morgan fingerprint density at radius 1 is 1.43 bits per heavy atom. The minimum atomic E-state index is -0.0993. The van der Waals surface area contributed by atoms with E-state index in [0.29, 0.717) is 25.8 Å². The Balaban J connectivity index is 1.67. The number of nitrogens with zero attached hydrogens (tertiary/aromatic N) is 3. The van der Waals surface area contributed by atoms with Crippen LogP contribution in [0.25, 0.3) is 0 Å². The van der Waals surface area contributed by atoms with Crippen molar-refractivity contribution in [2.75, 3.05) is 31.2 Å². The number of anilines is 1. The number of ether oxygens (including phenoxy) is 2. The second-order valence-electron chi connectivity index (χ2n) is 6.03. The lowest BCUT2D eigenvalue weighted by atomic mass is 10.0. The molecule has 6 nitrogen and oxygen atoms in total. The molecular weight excluding hydrogens is 314 g/mol. The molecule has 2 fully saturated rings. The summed E-state index contributed by atoms with van der Waals surface area (Å²) in [6.45, 7) is 7.43. The molecule has 2 saturated heterocycles. The number of thiazole rings is 1. The molecule has 3 rings (SSSR count). The zero-order valence-electron chi connectivity index (χ0n) is 13.9. The number of aromatic nitrogens is 1. The number of rotatable bonds is 5. The predicted molar refractivity (Wildman–Crippen MR) is 89.6 cm³/mol. The third kappa shape index (κ3) is 3.91. The van der Waals surface area contributed by atoms with Crippen molar-refractivity contribution < 1.29 is 14.3 Å². The Labute approximate surface area is 141 Å². The zero-order chi connectivity index (χ0) is 16.2. The number of amides is 1. The van der Waals surface area contributed by atoms with E-state index in [1.807, 2.05) is 6.92 Å². The lowest BCUT2D eigenvalue weighted by Crippen LogP contribution is -2.46. The zero-order valence-corrected chi connectivity index (χ0v) is 14.7. The summed E-state index contributed by atoms with van der Waals surface area (Å²) < 4.78 is 11.4. The molecule has 128 valence electrons. The lowest BCUT2D eigenvalue weighted by molar-refractivity contribution is -0.116. The normalized spacial score (nSPS) is 23.3. The van der Waals surface area contributed by atoms with Crippen LogP contribution in [0, 0.1) is 0 Å². The summed E-state index contributed by atoms with van der Waals surface area (Å²) in [6.07, 6.45) is 3.43. The molecule has 7 heteroatoms. The number of piperidine rings is 1. The average molecular weight is 339 g/mol. The van der Waals surface area contributed by atoms with E-state index in [-0.39, 0.29) is 12.2 Å². The highest BCUT2D eigenvalue weighted by Crippen LogP contribution is 2.27. The lowest BCUT2D eigenvalue weighted by Gasteiger charge is -2.37. The van der Waals surface area contributed by atoms with Crippen molar-refractivity contribution in [2.45, 2.75) is 52.0 Å². The molecule has 1 amide bonds. The van der Waals surface area contributed by atoms with Gasteiger partial charge in [0.25, 0.3) is 0 Å². The molecule has 3 heterocycles. The molecular formula is C16H25N3O3S. The molecule has 23 heavy (non-hydrogen) atoms. The quantitative estimate of drug-likeness (QED) is 0.823. The molecule has 1 unspecified atom stereocenters. The Morgan fingerprint density at radius 2 is 2.22 bits per heavy atom. The maximum atomic E-state index is 11.6. The molecule has 0 aromatic carbocycles. The van der Waals surface area contributed by atoms with Gasteiger partial charge in [-0.2, -0.15) is 0 Å². The van der Waals surface area contributed by atoms with Gasteiger partial charge in [-0.15, -0.1) is 11.3 Å². The third-order valence-electron chi connectivity index (χ3n) is 4.46. The van der Waals surface area contributed by atoms with Gasteiger partial charge in [-0.25, -0.2) is 4.98 Å². The number of carbonyl (C=O) groups excluding carboxylic acids is 1. The standard InChI is InChI=1S/C16H25N3O3S/c1-3-19(12(2)20)16-17-13(11-23-16)10-18-7-5-4-6-14(18)15-21-8-9-22-15/h11,14-15H,3-10H2,1-2H3. The van der Waals surface area contributed by atoms with E-state index in [4.69, 9.17) is 9.47 Å². The first-order valence-corrected chi connectivity index (χ1v) is 9.26. The summed E-state index contributed by atoms with van der Waals surface area (Å²) in [5.74, 6) is 0.0389. The highest BCUT2D eigenvalue weighted by molar-refractivity contribution is 7.14. The van der Waals surface area contributed by atoms with Gasteiger partial charge >= 0.3 is 0 Å². The van der Waals surface area contributed by atoms with Gasteiger partial charge in [0.1, 0.15) is 0 Å². The monoisotopic (exact) mass is 339 g/mol. The Hall–Kier alpha value is -1.02. The van der Waals surface area contributed by atoms with Crippen molar-refractivity contribution in [2.24, 2.45) is 0 Å². The highest BCUT2D eigenvalue weighted by Gasteiger charge is 2.34. The maximum absolute atomic E-state index is 11.6.